The SMILES string of the molecule is COc1cc(-c2cccc(OC)c2OC)cc2c1OCCN(Cc1cccc(C(F)(F)F)c1)C2. The van der Waals surface area contributed by atoms with Crippen LogP contribution in [0.15, 0.2) is 54.6 Å². The minimum Gasteiger partial charge on any atom is -0.493 e. The standard InChI is InChI=1S/C26H26F3NO4/c1-31-22-9-5-8-21(25(22)33-3)18-13-19-16-30(10-11-34-24(19)23(14-18)32-2)15-17-6-4-7-20(12-17)26(27,28)29/h4-9,12-14H,10-11,15-16H2,1-3H3. The molecule has 5 nitrogen and oxygen atoms in total. The van der Waals surface area contributed by atoms with Gasteiger partial charge in [-0.2, -0.15) is 13.2 Å². The van der Waals surface area contributed by atoms with Crippen LogP contribution in [0.4, 0.5) is 13.2 Å². The maximum absolute atomic E-state index is 13.1. The Kier molecular flexibility index (Phi) is 6.88. The van der Waals surface area contributed by atoms with Crippen molar-refractivity contribution in [3.05, 3.63) is 71.3 Å². The topological polar surface area (TPSA) is 40.2 Å². The van der Waals surface area contributed by atoms with Gasteiger partial charge < -0.3 is 18.9 Å². The van der Waals surface area contributed by atoms with Gasteiger partial charge in [0.25, 0.3) is 0 Å². The molecule has 180 valence electrons. The summed E-state index contributed by atoms with van der Waals surface area (Å²) in [4.78, 5) is 2.06. The summed E-state index contributed by atoms with van der Waals surface area (Å²) in [5.41, 5.74) is 2.51. The van der Waals surface area contributed by atoms with Crippen LogP contribution >= 0.6 is 0 Å². The fourth-order valence-electron chi connectivity index (χ4n) is 4.20. The number of benzene rings is 3. The number of ether oxygens (including phenoxy) is 4. The molecule has 0 aliphatic carbocycles. The van der Waals surface area contributed by atoms with E-state index in [9.17, 15) is 13.2 Å². The lowest BCUT2D eigenvalue weighted by molar-refractivity contribution is -0.137. The fourth-order valence-corrected chi connectivity index (χ4v) is 4.20. The lowest BCUT2D eigenvalue weighted by Gasteiger charge is -2.21. The van der Waals surface area contributed by atoms with Crippen molar-refractivity contribution in [1.29, 1.82) is 0 Å². The number of nitrogens with zero attached hydrogens (tertiary/aromatic N) is 1. The molecule has 34 heavy (non-hydrogen) atoms. The van der Waals surface area contributed by atoms with Crippen LogP contribution in [0.3, 0.4) is 0 Å². The van der Waals surface area contributed by atoms with Gasteiger partial charge in [-0.3, -0.25) is 4.90 Å². The molecule has 1 heterocycles. The number of alkyl halides is 3. The molecule has 4 rings (SSSR count). The molecule has 3 aromatic rings. The number of para-hydroxylation sites is 1. The number of fused-ring (bicyclic) bond motifs is 1. The Bertz CT molecular complexity index is 1160. The molecule has 0 N–H and O–H groups in total. The Morgan fingerprint density at radius 1 is 0.912 bits per heavy atom. The van der Waals surface area contributed by atoms with Crippen LogP contribution in [0.25, 0.3) is 11.1 Å². The summed E-state index contributed by atoms with van der Waals surface area (Å²) in [5.74, 6) is 2.43. The van der Waals surface area contributed by atoms with Gasteiger partial charge in [-0.25, -0.2) is 0 Å². The molecule has 0 bridgehead atoms. The minimum atomic E-state index is -4.37. The Hall–Kier alpha value is -3.39. The number of hydrogen-bond acceptors (Lipinski definition) is 5. The summed E-state index contributed by atoms with van der Waals surface area (Å²) in [7, 11) is 4.75. The third kappa shape index (κ3) is 4.92. The average molecular weight is 473 g/mol. The molecule has 8 heteroatoms. The number of hydrogen-bond donors (Lipinski definition) is 0. The van der Waals surface area contributed by atoms with Gasteiger partial charge in [-0.05, 0) is 35.4 Å². The molecule has 0 unspecified atom stereocenters. The molecule has 0 saturated heterocycles. The Morgan fingerprint density at radius 2 is 1.68 bits per heavy atom. The van der Waals surface area contributed by atoms with Crippen LogP contribution in [0, 0.1) is 0 Å². The zero-order valence-electron chi connectivity index (χ0n) is 19.2. The Labute approximate surface area is 196 Å². The quantitative estimate of drug-likeness (QED) is 0.453. The molecule has 0 saturated carbocycles. The Balaban J connectivity index is 1.69. The first-order chi connectivity index (χ1) is 16.3. The second-order valence-corrected chi connectivity index (χ2v) is 7.97. The molecule has 0 fully saturated rings. The third-order valence-electron chi connectivity index (χ3n) is 5.77. The predicted molar refractivity (Wildman–Crippen MR) is 123 cm³/mol. The highest BCUT2D eigenvalue weighted by Crippen LogP contribution is 2.43. The molecule has 0 atom stereocenters. The van der Waals surface area contributed by atoms with E-state index in [1.54, 1.807) is 27.4 Å². The smallest absolute Gasteiger partial charge is 0.416 e. The van der Waals surface area contributed by atoms with Gasteiger partial charge in [-0.15, -0.1) is 0 Å². The molecule has 1 aliphatic rings. The summed E-state index contributed by atoms with van der Waals surface area (Å²) in [5, 5.41) is 0. The van der Waals surface area contributed by atoms with Crippen LogP contribution < -0.4 is 18.9 Å². The number of methoxy groups -OCH3 is 3. The second kappa shape index (κ2) is 9.85. The van der Waals surface area contributed by atoms with Crippen LogP contribution in [0.1, 0.15) is 16.7 Å². The molecule has 1 aliphatic heterocycles. The second-order valence-electron chi connectivity index (χ2n) is 7.97. The first-order valence-corrected chi connectivity index (χ1v) is 10.8. The summed E-state index contributed by atoms with van der Waals surface area (Å²) in [6, 6.07) is 15.0. The molecule has 3 aromatic carbocycles. The van der Waals surface area contributed by atoms with Crippen LogP contribution in [-0.4, -0.2) is 39.4 Å². The van der Waals surface area contributed by atoms with Crippen molar-refractivity contribution in [3.63, 3.8) is 0 Å². The monoisotopic (exact) mass is 473 g/mol. The van der Waals surface area contributed by atoms with Gasteiger partial charge in [0.2, 0.25) is 0 Å². The Morgan fingerprint density at radius 3 is 2.38 bits per heavy atom. The number of halogens is 3. The highest BCUT2D eigenvalue weighted by molar-refractivity contribution is 5.77. The molecule has 0 aromatic heterocycles. The molecule has 0 radical (unpaired) electrons. The van der Waals surface area contributed by atoms with Gasteiger partial charge in [0.1, 0.15) is 6.61 Å². The van der Waals surface area contributed by atoms with Crippen molar-refractivity contribution in [2.75, 3.05) is 34.5 Å². The van der Waals surface area contributed by atoms with Gasteiger partial charge >= 0.3 is 6.18 Å². The summed E-state index contributed by atoms with van der Waals surface area (Å²) in [6.07, 6.45) is -4.37. The fraction of sp³-hybridized carbons (Fsp3) is 0.308. The van der Waals surface area contributed by atoms with Crippen molar-refractivity contribution in [3.8, 4) is 34.1 Å². The average Bonchev–Trinajstić information content (AvgIpc) is 3.04. The van der Waals surface area contributed by atoms with Crippen LogP contribution in [0.2, 0.25) is 0 Å². The van der Waals surface area contributed by atoms with Gasteiger partial charge in [0, 0.05) is 30.8 Å². The lowest BCUT2D eigenvalue weighted by atomic mass is 10.00. The van der Waals surface area contributed by atoms with E-state index in [0.717, 1.165) is 22.8 Å². The van der Waals surface area contributed by atoms with Crippen molar-refractivity contribution in [2.45, 2.75) is 19.3 Å². The maximum Gasteiger partial charge on any atom is 0.416 e. The largest absolute Gasteiger partial charge is 0.493 e. The maximum atomic E-state index is 13.1. The first-order valence-electron chi connectivity index (χ1n) is 10.8. The van der Waals surface area contributed by atoms with E-state index in [0.29, 0.717) is 54.8 Å². The third-order valence-corrected chi connectivity index (χ3v) is 5.77. The molecular weight excluding hydrogens is 447 g/mol. The van der Waals surface area contributed by atoms with E-state index >= 15 is 0 Å². The van der Waals surface area contributed by atoms with E-state index in [-0.39, 0.29) is 0 Å². The van der Waals surface area contributed by atoms with E-state index in [1.807, 2.05) is 30.3 Å². The zero-order chi connectivity index (χ0) is 24.3. The predicted octanol–water partition coefficient (Wildman–Crippen LogP) is 5.79. The molecular formula is C26H26F3NO4. The van der Waals surface area contributed by atoms with Gasteiger partial charge in [0.15, 0.2) is 23.0 Å². The summed E-state index contributed by atoms with van der Waals surface area (Å²) in [6.45, 7) is 1.81. The van der Waals surface area contributed by atoms with Crippen molar-refractivity contribution in [2.24, 2.45) is 0 Å². The van der Waals surface area contributed by atoms with Crippen LogP contribution in [0.5, 0.6) is 23.0 Å². The van der Waals surface area contributed by atoms with Crippen LogP contribution in [-0.2, 0) is 19.3 Å². The van der Waals surface area contributed by atoms with E-state index in [2.05, 4.69) is 4.90 Å². The zero-order valence-corrected chi connectivity index (χ0v) is 19.2. The highest BCUT2D eigenvalue weighted by Gasteiger charge is 2.30. The summed E-state index contributed by atoms with van der Waals surface area (Å²) >= 11 is 0. The van der Waals surface area contributed by atoms with Crippen molar-refractivity contribution < 1.29 is 32.1 Å². The molecule has 0 amide bonds. The van der Waals surface area contributed by atoms with E-state index < -0.39 is 11.7 Å². The minimum absolute atomic E-state index is 0.363. The summed E-state index contributed by atoms with van der Waals surface area (Å²) < 4.78 is 62.1. The lowest BCUT2D eigenvalue weighted by Crippen LogP contribution is -2.25. The highest BCUT2D eigenvalue weighted by atomic mass is 19.4. The van der Waals surface area contributed by atoms with E-state index in [4.69, 9.17) is 18.9 Å². The number of rotatable bonds is 6. The van der Waals surface area contributed by atoms with Crippen molar-refractivity contribution in [1.82, 2.24) is 4.90 Å². The van der Waals surface area contributed by atoms with Crippen molar-refractivity contribution >= 4 is 0 Å². The van der Waals surface area contributed by atoms with Gasteiger partial charge in [0.05, 0.1) is 26.9 Å². The first kappa shape index (κ1) is 23.8. The normalized spacial score (nSPS) is 14.1. The van der Waals surface area contributed by atoms with E-state index in [1.165, 1.54) is 12.1 Å². The molecule has 0 spiro atoms. The van der Waals surface area contributed by atoms with Gasteiger partial charge in [-0.1, -0.05) is 30.3 Å².